The SMILES string of the molecule is Cc1nc(N)ncc1C(N)=Nc1c(C(C)N2CCOCC2)nc(N2CCNCC2)n1CC1CC1. The van der Waals surface area contributed by atoms with Gasteiger partial charge >= 0.3 is 0 Å². The molecule has 3 fully saturated rings. The quantitative estimate of drug-likeness (QED) is 0.398. The summed E-state index contributed by atoms with van der Waals surface area (Å²) < 4.78 is 7.89. The molecule has 0 bridgehead atoms. The van der Waals surface area contributed by atoms with E-state index in [0.717, 1.165) is 76.5 Å². The second-order valence-corrected chi connectivity index (χ2v) is 9.46. The predicted molar refractivity (Wildman–Crippen MR) is 132 cm³/mol. The number of hydrogen-bond acceptors (Lipinski definition) is 9. The monoisotopic (exact) mass is 468 g/mol. The minimum atomic E-state index is 0.0985. The Morgan fingerprint density at radius 1 is 1.21 bits per heavy atom. The molecule has 2 aromatic heterocycles. The van der Waals surface area contributed by atoms with Gasteiger partial charge in [-0.3, -0.25) is 9.47 Å². The van der Waals surface area contributed by atoms with Crippen LogP contribution in [0.1, 0.15) is 42.8 Å². The van der Waals surface area contributed by atoms with E-state index in [9.17, 15) is 0 Å². The van der Waals surface area contributed by atoms with Gasteiger partial charge in [0, 0.05) is 52.0 Å². The minimum absolute atomic E-state index is 0.0985. The van der Waals surface area contributed by atoms with E-state index in [-0.39, 0.29) is 12.0 Å². The van der Waals surface area contributed by atoms with E-state index in [1.807, 2.05) is 6.92 Å². The number of ether oxygens (including phenoxy) is 1. The van der Waals surface area contributed by atoms with Crippen LogP contribution in [0.3, 0.4) is 0 Å². The highest BCUT2D eigenvalue weighted by molar-refractivity contribution is 5.99. The standard InChI is InChI=1S/C23H36N10O/c1-15-18(13-27-22(25)28-15)20(24)30-21-19(16(2)31-9-11-34-12-10-31)29-23(32-7-5-26-6-8-32)33(21)14-17-3-4-17/h13,16-17,26H,3-12,14H2,1-2H3,(H2,24,30)(H2,25,27,28). The molecule has 0 amide bonds. The van der Waals surface area contributed by atoms with Gasteiger partial charge in [0.05, 0.1) is 30.5 Å². The highest BCUT2D eigenvalue weighted by atomic mass is 16.5. The summed E-state index contributed by atoms with van der Waals surface area (Å²) in [6.45, 7) is 12.0. The molecule has 3 aliphatic rings. The highest BCUT2D eigenvalue weighted by Gasteiger charge is 2.32. The Morgan fingerprint density at radius 2 is 1.94 bits per heavy atom. The fraction of sp³-hybridized carbons (Fsp3) is 0.652. The first-order valence-electron chi connectivity index (χ1n) is 12.3. The number of aromatic nitrogens is 4. The number of morpholine rings is 1. The molecule has 2 aliphatic heterocycles. The molecule has 1 aliphatic carbocycles. The first kappa shape index (κ1) is 23.0. The van der Waals surface area contributed by atoms with Crippen molar-refractivity contribution in [3.63, 3.8) is 0 Å². The van der Waals surface area contributed by atoms with Crippen molar-refractivity contribution in [3.05, 3.63) is 23.1 Å². The molecule has 34 heavy (non-hydrogen) atoms. The van der Waals surface area contributed by atoms with Gasteiger partial charge in [0.2, 0.25) is 11.9 Å². The molecule has 0 spiro atoms. The zero-order chi connectivity index (χ0) is 23.7. The lowest BCUT2D eigenvalue weighted by atomic mass is 10.2. The topological polar surface area (TPSA) is 136 Å². The molecule has 5 N–H and O–H groups in total. The van der Waals surface area contributed by atoms with Gasteiger partial charge in [-0.15, -0.1) is 0 Å². The molecule has 0 aromatic carbocycles. The third kappa shape index (κ3) is 4.86. The van der Waals surface area contributed by atoms with Crippen molar-refractivity contribution in [3.8, 4) is 0 Å². The third-order valence-electron chi connectivity index (χ3n) is 6.97. The van der Waals surface area contributed by atoms with E-state index < -0.39 is 0 Å². The smallest absolute Gasteiger partial charge is 0.220 e. The lowest BCUT2D eigenvalue weighted by Crippen LogP contribution is -2.44. The maximum atomic E-state index is 6.56. The van der Waals surface area contributed by atoms with E-state index >= 15 is 0 Å². The van der Waals surface area contributed by atoms with Crippen LogP contribution in [-0.2, 0) is 11.3 Å². The average molecular weight is 469 g/mol. The van der Waals surface area contributed by atoms with E-state index in [0.29, 0.717) is 23.0 Å². The van der Waals surface area contributed by atoms with Crippen LogP contribution in [0.2, 0.25) is 0 Å². The number of piperazine rings is 1. The summed E-state index contributed by atoms with van der Waals surface area (Å²) in [5.41, 5.74) is 14.7. The number of nitrogen functional groups attached to an aromatic ring is 1. The lowest BCUT2D eigenvalue weighted by molar-refractivity contribution is 0.0192. The van der Waals surface area contributed by atoms with Crippen LogP contribution in [0.15, 0.2) is 11.2 Å². The van der Waals surface area contributed by atoms with Gasteiger partial charge in [-0.25, -0.2) is 19.9 Å². The van der Waals surface area contributed by atoms with Crippen molar-refractivity contribution in [1.82, 2.24) is 29.7 Å². The van der Waals surface area contributed by atoms with Gasteiger partial charge in [0.15, 0.2) is 5.82 Å². The van der Waals surface area contributed by atoms with Crippen LogP contribution >= 0.6 is 0 Å². The molecule has 0 radical (unpaired) electrons. The molecule has 5 rings (SSSR count). The van der Waals surface area contributed by atoms with Gasteiger partial charge in [-0.1, -0.05) is 0 Å². The molecular formula is C23H36N10O. The Kier molecular flexibility index (Phi) is 6.66. The Labute approximate surface area is 200 Å². The first-order chi connectivity index (χ1) is 16.5. The predicted octanol–water partition coefficient (Wildman–Crippen LogP) is 0.814. The normalized spacial score (nSPS) is 21.1. The van der Waals surface area contributed by atoms with E-state index in [1.165, 1.54) is 12.8 Å². The molecule has 1 unspecified atom stereocenters. The molecule has 4 heterocycles. The summed E-state index contributed by atoms with van der Waals surface area (Å²) in [6, 6.07) is 0.0985. The van der Waals surface area contributed by atoms with Crippen molar-refractivity contribution in [2.75, 3.05) is 63.1 Å². The number of nitrogens with zero attached hydrogens (tertiary/aromatic N) is 7. The number of nitrogens with two attached hydrogens (primary N) is 2. The van der Waals surface area contributed by atoms with Gasteiger partial charge in [0.1, 0.15) is 11.5 Å². The van der Waals surface area contributed by atoms with Crippen molar-refractivity contribution in [1.29, 1.82) is 0 Å². The molecular weight excluding hydrogens is 432 g/mol. The second-order valence-electron chi connectivity index (χ2n) is 9.46. The number of hydrogen-bond donors (Lipinski definition) is 3. The Bertz CT molecular complexity index is 1030. The third-order valence-corrected chi connectivity index (χ3v) is 6.97. The van der Waals surface area contributed by atoms with Crippen LogP contribution in [0, 0.1) is 12.8 Å². The maximum absolute atomic E-state index is 6.56. The van der Waals surface area contributed by atoms with Crippen LogP contribution in [0.4, 0.5) is 17.7 Å². The number of aryl methyl sites for hydroxylation is 1. The Morgan fingerprint density at radius 3 is 2.62 bits per heavy atom. The highest BCUT2D eigenvalue weighted by Crippen LogP contribution is 2.39. The number of aliphatic imine (C=N–C) groups is 1. The fourth-order valence-corrected chi connectivity index (χ4v) is 4.73. The number of imidazole rings is 1. The lowest BCUT2D eigenvalue weighted by Gasteiger charge is -2.31. The summed E-state index contributed by atoms with van der Waals surface area (Å²) >= 11 is 0. The molecule has 2 aromatic rings. The van der Waals surface area contributed by atoms with Gasteiger partial charge in [0.25, 0.3) is 0 Å². The zero-order valence-corrected chi connectivity index (χ0v) is 20.2. The summed E-state index contributed by atoms with van der Waals surface area (Å²) in [5.74, 6) is 3.12. The molecule has 1 saturated carbocycles. The Hall–Kier alpha value is -2.76. The number of amidine groups is 1. The molecule has 11 heteroatoms. The number of anilines is 2. The van der Waals surface area contributed by atoms with Crippen LogP contribution in [0.5, 0.6) is 0 Å². The minimum Gasteiger partial charge on any atom is -0.383 e. The maximum Gasteiger partial charge on any atom is 0.220 e. The van der Waals surface area contributed by atoms with E-state index in [4.69, 9.17) is 26.2 Å². The molecule has 11 nitrogen and oxygen atoms in total. The summed E-state index contributed by atoms with van der Waals surface area (Å²) in [4.78, 5) is 23.5. The largest absolute Gasteiger partial charge is 0.383 e. The molecule has 184 valence electrons. The number of rotatable bonds is 7. The van der Waals surface area contributed by atoms with Gasteiger partial charge in [-0.2, -0.15) is 0 Å². The zero-order valence-electron chi connectivity index (χ0n) is 20.2. The van der Waals surface area contributed by atoms with Crippen LogP contribution < -0.4 is 21.7 Å². The van der Waals surface area contributed by atoms with Gasteiger partial charge < -0.3 is 26.4 Å². The average Bonchev–Trinajstić information content (AvgIpc) is 3.61. The Balaban J connectivity index is 1.60. The van der Waals surface area contributed by atoms with E-state index in [2.05, 4.69) is 36.6 Å². The van der Waals surface area contributed by atoms with Crippen LogP contribution in [-0.4, -0.2) is 82.7 Å². The summed E-state index contributed by atoms with van der Waals surface area (Å²) in [7, 11) is 0. The summed E-state index contributed by atoms with van der Waals surface area (Å²) in [5, 5.41) is 3.44. The number of nitrogens with one attached hydrogen (secondary N) is 1. The second kappa shape index (κ2) is 9.85. The molecule has 1 atom stereocenters. The van der Waals surface area contributed by atoms with E-state index in [1.54, 1.807) is 6.20 Å². The molecule has 2 saturated heterocycles. The summed E-state index contributed by atoms with van der Waals surface area (Å²) in [6.07, 6.45) is 4.15. The van der Waals surface area contributed by atoms with Crippen molar-refractivity contribution in [2.24, 2.45) is 16.6 Å². The fourth-order valence-electron chi connectivity index (χ4n) is 4.73. The van der Waals surface area contributed by atoms with Crippen molar-refractivity contribution < 1.29 is 4.74 Å². The first-order valence-corrected chi connectivity index (χ1v) is 12.3. The van der Waals surface area contributed by atoms with Crippen LogP contribution in [0.25, 0.3) is 0 Å². The van der Waals surface area contributed by atoms with Crippen molar-refractivity contribution >= 4 is 23.6 Å². The van der Waals surface area contributed by atoms with Crippen molar-refractivity contribution in [2.45, 2.75) is 39.3 Å². The van der Waals surface area contributed by atoms with Gasteiger partial charge in [-0.05, 0) is 32.6 Å².